The third-order valence-corrected chi connectivity index (χ3v) is 7.20. The molecule has 2 N–H and O–H groups in total. The number of fused-ring (bicyclic) bond motifs is 5. The highest BCUT2D eigenvalue weighted by Crippen LogP contribution is 2.52. The molecule has 2 heterocycles. The highest BCUT2D eigenvalue weighted by Gasteiger charge is 2.58. The molecule has 0 spiro atoms. The van der Waals surface area contributed by atoms with Crippen molar-refractivity contribution in [2.75, 3.05) is 59.9 Å². The van der Waals surface area contributed by atoms with Gasteiger partial charge in [-0.05, 0) is 45.7 Å². The Kier molecular flexibility index (Phi) is 6.43. The van der Waals surface area contributed by atoms with Gasteiger partial charge >= 0.3 is 0 Å². The molecule has 30 heavy (non-hydrogen) atoms. The Hall–Kier alpha value is -1.93. The van der Waals surface area contributed by atoms with E-state index in [1.54, 1.807) is 0 Å². The van der Waals surface area contributed by atoms with Crippen molar-refractivity contribution in [3.63, 3.8) is 0 Å². The number of piperazine rings is 1. The van der Waals surface area contributed by atoms with Crippen molar-refractivity contribution in [2.45, 2.75) is 25.8 Å². The van der Waals surface area contributed by atoms with Crippen molar-refractivity contribution >= 4 is 17.8 Å². The lowest BCUT2D eigenvalue weighted by molar-refractivity contribution is -0.140. The summed E-state index contributed by atoms with van der Waals surface area (Å²) in [6.07, 6.45) is 6.00. The molecule has 2 aliphatic carbocycles. The number of hydrogen-bond acceptors (Lipinski definition) is 5. The lowest BCUT2D eigenvalue weighted by atomic mass is 9.85. The fourth-order valence-electron chi connectivity index (χ4n) is 5.47. The molecule has 4 aliphatic rings. The van der Waals surface area contributed by atoms with Gasteiger partial charge in [0.25, 0.3) is 0 Å². The SMILES string of the molecule is CCNC(=NCC1CN(C)CCN1C)NCCCN1C(=O)C2C3C=CC(C3)C2C1=O. The molecule has 0 radical (unpaired) electrons. The van der Waals surface area contributed by atoms with Crippen molar-refractivity contribution in [3.8, 4) is 0 Å². The summed E-state index contributed by atoms with van der Waals surface area (Å²) in [5.74, 6) is 1.28. The lowest BCUT2D eigenvalue weighted by Gasteiger charge is -2.36. The number of nitrogens with zero attached hydrogens (tertiary/aromatic N) is 4. The number of nitrogens with one attached hydrogen (secondary N) is 2. The predicted molar refractivity (Wildman–Crippen MR) is 117 cm³/mol. The van der Waals surface area contributed by atoms with Crippen LogP contribution in [0.2, 0.25) is 0 Å². The molecular formula is C22H36N6O2. The minimum absolute atomic E-state index is 0.0480. The normalized spacial score (nSPS) is 34.2. The van der Waals surface area contributed by atoms with E-state index in [9.17, 15) is 9.59 Å². The maximum atomic E-state index is 12.8. The fraction of sp³-hybridized carbons (Fsp3) is 0.773. The van der Waals surface area contributed by atoms with Crippen LogP contribution in [0.4, 0.5) is 0 Å². The minimum atomic E-state index is -0.0926. The Labute approximate surface area is 179 Å². The molecular weight excluding hydrogens is 380 g/mol. The van der Waals surface area contributed by atoms with Gasteiger partial charge in [0.15, 0.2) is 5.96 Å². The monoisotopic (exact) mass is 416 g/mol. The Morgan fingerprint density at radius 2 is 1.80 bits per heavy atom. The number of aliphatic imine (C=N–C) groups is 1. The zero-order chi connectivity index (χ0) is 21.3. The number of guanidine groups is 1. The first-order valence-electron chi connectivity index (χ1n) is 11.4. The second kappa shape index (κ2) is 9.06. The van der Waals surface area contributed by atoms with Crippen molar-refractivity contribution < 1.29 is 9.59 Å². The van der Waals surface area contributed by atoms with Gasteiger partial charge in [-0.1, -0.05) is 12.2 Å². The van der Waals surface area contributed by atoms with Gasteiger partial charge in [-0.2, -0.15) is 0 Å². The van der Waals surface area contributed by atoms with E-state index in [0.717, 1.165) is 51.5 Å². The molecule has 0 aromatic heterocycles. The van der Waals surface area contributed by atoms with E-state index in [2.05, 4.69) is 53.6 Å². The van der Waals surface area contributed by atoms with Crippen LogP contribution >= 0.6 is 0 Å². The van der Waals surface area contributed by atoms with Crippen LogP contribution in [-0.2, 0) is 9.59 Å². The van der Waals surface area contributed by atoms with E-state index in [1.807, 2.05) is 0 Å². The summed E-state index contributed by atoms with van der Waals surface area (Å²) in [5.41, 5.74) is 0. The van der Waals surface area contributed by atoms with Crippen LogP contribution < -0.4 is 10.6 Å². The molecule has 2 aliphatic heterocycles. The van der Waals surface area contributed by atoms with Crippen molar-refractivity contribution in [1.82, 2.24) is 25.3 Å². The number of carbonyl (C=O) groups excluding carboxylic acids is 2. The van der Waals surface area contributed by atoms with E-state index in [4.69, 9.17) is 4.99 Å². The molecule has 0 aromatic carbocycles. The van der Waals surface area contributed by atoms with E-state index in [1.165, 1.54) is 4.90 Å². The third-order valence-electron chi connectivity index (χ3n) is 7.20. The van der Waals surface area contributed by atoms with Crippen LogP contribution in [0, 0.1) is 23.7 Å². The van der Waals surface area contributed by atoms with E-state index >= 15 is 0 Å². The van der Waals surface area contributed by atoms with Crippen LogP contribution in [0.5, 0.6) is 0 Å². The number of hydrogen-bond donors (Lipinski definition) is 2. The predicted octanol–water partition coefficient (Wildman–Crippen LogP) is -0.0155. The van der Waals surface area contributed by atoms with E-state index in [0.29, 0.717) is 19.1 Å². The summed E-state index contributed by atoms with van der Waals surface area (Å²) in [7, 11) is 4.32. The fourth-order valence-corrected chi connectivity index (χ4v) is 5.47. The van der Waals surface area contributed by atoms with Crippen LogP contribution in [0.1, 0.15) is 19.8 Å². The second-order valence-electron chi connectivity index (χ2n) is 9.22. The second-order valence-corrected chi connectivity index (χ2v) is 9.22. The first kappa shape index (κ1) is 21.3. The van der Waals surface area contributed by atoms with Crippen LogP contribution in [-0.4, -0.2) is 98.4 Å². The summed E-state index contributed by atoms with van der Waals surface area (Å²) in [6, 6.07) is 0.419. The van der Waals surface area contributed by atoms with Crippen LogP contribution in [0.25, 0.3) is 0 Å². The maximum Gasteiger partial charge on any atom is 0.233 e. The Bertz CT molecular complexity index is 692. The molecule has 5 atom stereocenters. The molecule has 1 saturated carbocycles. The topological polar surface area (TPSA) is 80.3 Å². The molecule has 4 rings (SSSR count). The highest BCUT2D eigenvalue weighted by molar-refractivity contribution is 6.06. The van der Waals surface area contributed by atoms with Gasteiger partial charge in [-0.15, -0.1) is 0 Å². The molecule has 2 saturated heterocycles. The maximum absolute atomic E-state index is 12.8. The Balaban J connectivity index is 1.24. The number of allylic oxidation sites excluding steroid dienone is 2. The van der Waals surface area contributed by atoms with Crippen LogP contribution in [0.15, 0.2) is 17.1 Å². The molecule has 5 unspecified atom stereocenters. The number of amides is 2. The first-order chi connectivity index (χ1) is 14.5. The van der Waals surface area contributed by atoms with Crippen LogP contribution in [0.3, 0.4) is 0 Å². The quantitative estimate of drug-likeness (QED) is 0.200. The van der Waals surface area contributed by atoms with Crippen molar-refractivity contribution in [1.29, 1.82) is 0 Å². The number of likely N-dealkylation sites (N-methyl/N-ethyl adjacent to an activating group) is 2. The summed E-state index contributed by atoms with van der Waals surface area (Å²) < 4.78 is 0. The van der Waals surface area contributed by atoms with Gasteiger partial charge in [0.2, 0.25) is 11.8 Å². The Morgan fingerprint density at radius 3 is 2.47 bits per heavy atom. The van der Waals surface area contributed by atoms with E-state index in [-0.39, 0.29) is 35.5 Å². The van der Waals surface area contributed by atoms with Crippen molar-refractivity contribution in [2.24, 2.45) is 28.7 Å². The largest absolute Gasteiger partial charge is 0.357 e. The van der Waals surface area contributed by atoms with Gasteiger partial charge in [0.1, 0.15) is 0 Å². The zero-order valence-corrected chi connectivity index (χ0v) is 18.5. The van der Waals surface area contributed by atoms with Gasteiger partial charge in [-0.25, -0.2) is 0 Å². The van der Waals surface area contributed by atoms with Crippen molar-refractivity contribution in [3.05, 3.63) is 12.2 Å². The first-order valence-corrected chi connectivity index (χ1v) is 11.4. The standard InChI is InChI=1S/C22H36N6O2/c1-4-23-22(25-13-17-14-26(2)10-11-27(17)3)24-8-5-9-28-20(29)18-15-6-7-16(12-15)19(18)21(28)30/h6-7,15-19H,4-5,8-14H2,1-3H3,(H2,23,24,25). The van der Waals surface area contributed by atoms with Gasteiger partial charge in [-0.3, -0.25) is 24.4 Å². The molecule has 2 bridgehead atoms. The average molecular weight is 417 g/mol. The summed E-state index contributed by atoms with van der Waals surface area (Å²) in [5, 5.41) is 6.66. The Morgan fingerprint density at radius 1 is 1.10 bits per heavy atom. The average Bonchev–Trinajstić information content (AvgIpc) is 3.40. The third kappa shape index (κ3) is 4.12. The molecule has 3 fully saturated rings. The summed E-state index contributed by atoms with van der Waals surface area (Å²) >= 11 is 0. The number of rotatable bonds is 7. The lowest BCUT2D eigenvalue weighted by Crippen LogP contribution is -2.51. The summed E-state index contributed by atoms with van der Waals surface area (Å²) in [6.45, 7) is 7.97. The molecule has 8 heteroatoms. The summed E-state index contributed by atoms with van der Waals surface area (Å²) in [4.78, 5) is 36.5. The smallest absolute Gasteiger partial charge is 0.233 e. The molecule has 2 amide bonds. The number of likely N-dealkylation sites (tertiary alicyclic amines) is 1. The highest BCUT2D eigenvalue weighted by atomic mass is 16.2. The number of imide groups is 1. The van der Waals surface area contributed by atoms with Gasteiger partial charge < -0.3 is 15.5 Å². The zero-order valence-electron chi connectivity index (χ0n) is 18.5. The molecule has 8 nitrogen and oxygen atoms in total. The van der Waals surface area contributed by atoms with E-state index < -0.39 is 0 Å². The molecule has 166 valence electrons. The van der Waals surface area contributed by atoms with Gasteiger partial charge in [0, 0.05) is 45.3 Å². The number of carbonyl (C=O) groups is 2. The minimum Gasteiger partial charge on any atom is -0.357 e. The molecule has 0 aromatic rings. The van der Waals surface area contributed by atoms with Gasteiger partial charge in [0.05, 0.1) is 18.4 Å².